The summed E-state index contributed by atoms with van der Waals surface area (Å²) in [6, 6.07) is 13.2. The molecular formula is C25H28N2O5. The van der Waals surface area contributed by atoms with Crippen molar-refractivity contribution in [3.63, 3.8) is 0 Å². The highest BCUT2D eigenvalue weighted by molar-refractivity contribution is 6.20. The third kappa shape index (κ3) is 5.35. The molecule has 7 nitrogen and oxygen atoms in total. The summed E-state index contributed by atoms with van der Waals surface area (Å²) in [4.78, 5) is 30.6. The highest BCUT2D eigenvalue weighted by Gasteiger charge is 2.31. The number of ether oxygens (including phenoxy) is 3. The van der Waals surface area contributed by atoms with E-state index in [1.165, 1.54) is 6.92 Å². The third-order valence-corrected chi connectivity index (χ3v) is 4.82. The summed E-state index contributed by atoms with van der Waals surface area (Å²) in [6.45, 7) is 8.46. The van der Waals surface area contributed by atoms with Crippen molar-refractivity contribution in [2.24, 2.45) is 4.99 Å². The standard InChI is InChI=1S/C25H28N2O5/c1-5-30-22-12-11-19(16-23(22)31-6-2)15-21-25(29)27(13-14-32-18(4)28)24(26-21)20-10-8-7-9-17(20)3/h7-12,15-16H,5-6,13-14H2,1-4H3/b21-15+. The summed E-state index contributed by atoms with van der Waals surface area (Å²) in [5, 5.41) is 0. The first-order valence-electron chi connectivity index (χ1n) is 10.7. The summed E-state index contributed by atoms with van der Waals surface area (Å²) < 4.78 is 16.4. The second kappa shape index (κ2) is 10.6. The smallest absolute Gasteiger partial charge is 0.302 e. The van der Waals surface area contributed by atoms with Crippen molar-refractivity contribution in [1.82, 2.24) is 4.90 Å². The lowest BCUT2D eigenvalue weighted by atomic mass is 10.1. The molecule has 0 saturated heterocycles. The molecule has 2 aromatic carbocycles. The van der Waals surface area contributed by atoms with E-state index < -0.39 is 0 Å². The first-order valence-corrected chi connectivity index (χ1v) is 10.7. The van der Waals surface area contributed by atoms with Crippen molar-refractivity contribution in [2.45, 2.75) is 27.7 Å². The van der Waals surface area contributed by atoms with Crippen LogP contribution in [-0.4, -0.2) is 49.0 Å². The number of nitrogens with zero attached hydrogens (tertiary/aromatic N) is 2. The lowest BCUT2D eigenvalue weighted by Gasteiger charge is -2.19. The summed E-state index contributed by atoms with van der Waals surface area (Å²) >= 11 is 0. The Morgan fingerprint density at radius 2 is 1.78 bits per heavy atom. The summed E-state index contributed by atoms with van der Waals surface area (Å²) in [7, 11) is 0. The third-order valence-electron chi connectivity index (χ3n) is 4.82. The molecule has 0 unspecified atom stereocenters. The zero-order chi connectivity index (χ0) is 23.1. The Bertz CT molecular complexity index is 1060. The van der Waals surface area contributed by atoms with Crippen LogP contribution in [0.25, 0.3) is 6.08 Å². The topological polar surface area (TPSA) is 77.4 Å². The number of aliphatic imine (C=N–C) groups is 1. The molecule has 0 bridgehead atoms. The van der Waals surface area contributed by atoms with E-state index in [4.69, 9.17) is 14.2 Å². The van der Waals surface area contributed by atoms with Crippen molar-refractivity contribution >= 4 is 23.8 Å². The summed E-state index contributed by atoms with van der Waals surface area (Å²) in [5.74, 6) is 1.18. The number of esters is 1. The molecule has 32 heavy (non-hydrogen) atoms. The molecule has 1 aliphatic heterocycles. The fourth-order valence-corrected chi connectivity index (χ4v) is 3.38. The lowest BCUT2D eigenvalue weighted by molar-refractivity contribution is -0.142. The van der Waals surface area contributed by atoms with E-state index in [-0.39, 0.29) is 25.0 Å². The molecule has 168 valence electrons. The molecule has 1 amide bonds. The maximum absolute atomic E-state index is 13.2. The Kier molecular flexibility index (Phi) is 7.65. The minimum absolute atomic E-state index is 0.0940. The van der Waals surface area contributed by atoms with Crippen molar-refractivity contribution in [1.29, 1.82) is 0 Å². The van der Waals surface area contributed by atoms with Gasteiger partial charge < -0.3 is 14.2 Å². The van der Waals surface area contributed by atoms with Crippen LogP contribution in [0.1, 0.15) is 37.5 Å². The molecule has 0 radical (unpaired) electrons. The molecule has 0 spiro atoms. The zero-order valence-electron chi connectivity index (χ0n) is 18.9. The van der Waals surface area contributed by atoms with E-state index >= 15 is 0 Å². The van der Waals surface area contributed by atoms with Gasteiger partial charge in [0.25, 0.3) is 5.91 Å². The van der Waals surface area contributed by atoms with Gasteiger partial charge in [-0.3, -0.25) is 14.5 Å². The Balaban J connectivity index is 1.97. The first-order chi connectivity index (χ1) is 15.4. The van der Waals surface area contributed by atoms with Gasteiger partial charge in [-0.1, -0.05) is 30.3 Å². The number of amidine groups is 1. The molecule has 0 aromatic heterocycles. The highest BCUT2D eigenvalue weighted by atomic mass is 16.5. The van der Waals surface area contributed by atoms with Crippen LogP contribution in [-0.2, 0) is 14.3 Å². The van der Waals surface area contributed by atoms with Crippen molar-refractivity contribution < 1.29 is 23.8 Å². The monoisotopic (exact) mass is 436 g/mol. The first kappa shape index (κ1) is 23.1. The van der Waals surface area contributed by atoms with Crippen LogP contribution in [0, 0.1) is 6.92 Å². The van der Waals surface area contributed by atoms with E-state index in [0.29, 0.717) is 36.2 Å². The van der Waals surface area contributed by atoms with Crippen molar-refractivity contribution in [2.75, 3.05) is 26.4 Å². The Morgan fingerprint density at radius 1 is 1.06 bits per heavy atom. The van der Waals surface area contributed by atoms with E-state index in [9.17, 15) is 9.59 Å². The van der Waals surface area contributed by atoms with Crippen LogP contribution in [0.2, 0.25) is 0 Å². The number of carbonyl (C=O) groups is 2. The van der Waals surface area contributed by atoms with Crippen molar-refractivity contribution in [3.05, 3.63) is 64.9 Å². The molecule has 1 heterocycles. The molecule has 1 aliphatic rings. The minimum atomic E-state index is -0.389. The maximum Gasteiger partial charge on any atom is 0.302 e. The number of carbonyl (C=O) groups excluding carboxylic acids is 2. The van der Waals surface area contributed by atoms with Gasteiger partial charge in [0.05, 0.1) is 19.8 Å². The Morgan fingerprint density at radius 3 is 2.47 bits per heavy atom. The van der Waals surface area contributed by atoms with E-state index in [0.717, 1.165) is 16.7 Å². The minimum Gasteiger partial charge on any atom is -0.490 e. The Labute approximate surface area is 188 Å². The summed E-state index contributed by atoms with van der Waals surface area (Å²) in [6.07, 6.45) is 1.73. The second-order valence-corrected chi connectivity index (χ2v) is 7.15. The average Bonchev–Trinajstić information content (AvgIpc) is 3.06. The molecule has 7 heteroatoms. The molecular weight excluding hydrogens is 408 g/mol. The predicted molar refractivity (Wildman–Crippen MR) is 123 cm³/mol. The zero-order valence-corrected chi connectivity index (χ0v) is 18.9. The number of hydrogen-bond donors (Lipinski definition) is 0. The van der Waals surface area contributed by atoms with Gasteiger partial charge in [0.2, 0.25) is 0 Å². The average molecular weight is 437 g/mol. The highest BCUT2D eigenvalue weighted by Crippen LogP contribution is 2.30. The molecule has 0 N–H and O–H groups in total. The Hall–Kier alpha value is -3.61. The molecule has 0 aliphatic carbocycles. The SMILES string of the molecule is CCOc1ccc(/C=C2/N=C(c3ccccc3C)N(CCOC(C)=O)C2=O)cc1OCC. The van der Waals surface area contributed by atoms with Gasteiger partial charge in [-0.25, -0.2) is 4.99 Å². The molecule has 0 atom stereocenters. The number of rotatable bonds is 9. The van der Waals surface area contributed by atoms with Gasteiger partial charge in [0, 0.05) is 12.5 Å². The van der Waals surface area contributed by atoms with E-state index in [2.05, 4.69) is 4.99 Å². The lowest BCUT2D eigenvalue weighted by Crippen LogP contribution is -2.36. The number of benzene rings is 2. The van der Waals surface area contributed by atoms with Crippen LogP contribution >= 0.6 is 0 Å². The largest absolute Gasteiger partial charge is 0.490 e. The number of hydrogen-bond acceptors (Lipinski definition) is 6. The van der Waals surface area contributed by atoms with Crippen LogP contribution in [0.3, 0.4) is 0 Å². The fraction of sp³-hybridized carbons (Fsp3) is 0.320. The molecule has 3 rings (SSSR count). The van der Waals surface area contributed by atoms with Crippen molar-refractivity contribution in [3.8, 4) is 11.5 Å². The number of aryl methyl sites for hydroxylation is 1. The normalized spacial score (nSPS) is 14.5. The quantitative estimate of drug-likeness (QED) is 0.439. The van der Waals surface area contributed by atoms with Gasteiger partial charge in [-0.15, -0.1) is 0 Å². The van der Waals surface area contributed by atoms with Gasteiger partial charge in [-0.2, -0.15) is 0 Å². The predicted octanol–water partition coefficient (Wildman–Crippen LogP) is 3.99. The van der Waals surface area contributed by atoms with Gasteiger partial charge in [-0.05, 0) is 50.1 Å². The fourth-order valence-electron chi connectivity index (χ4n) is 3.38. The van der Waals surface area contributed by atoms with Crippen LogP contribution in [0.5, 0.6) is 11.5 Å². The second-order valence-electron chi connectivity index (χ2n) is 7.15. The van der Waals surface area contributed by atoms with Gasteiger partial charge in [0.1, 0.15) is 18.1 Å². The van der Waals surface area contributed by atoms with Crippen LogP contribution in [0.4, 0.5) is 0 Å². The molecule has 2 aromatic rings. The van der Waals surface area contributed by atoms with E-state index in [1.807, 2.05) is 63.2 Å². The van der Waals surface area contributed by atoms with Crippen LogP contribution < -0.4 is 9.47 Å². The van der Waals surface area contributed by atoms with Gasteiger partial charge in [0.15, 0.2) is 11.5 Å². The maximum atomic E-state index is 13.2. The van der Waals surface area contributed by atoms with Gasteiger partial charge >= 0.3 is 5.97 Å². The van der Waals surface area contributed by atoms with Crippen LogP contribution in [0.15, 0.2) is 53.2 Å². The molecule has 0 saturated carbocycles. The van der Waals surface area contributed by atoms with E-state index in [1.54, 1.807) is 11.0 Å². The summed E-state index contributed by atoms with van der Waals surface area (Å²) in [5.41, 5.74) is 2.93. The molecule has 0 fully saturated rings. The number of amides is 1.